The van der Waals surface area contributed by atoms with Crippen molar-refractivity contribution in [3.63, 3.8) is 0 Å². The molecule has 0 fully saturated rings. The molecule has 46 valence electrons. The molecule has 0 aromatic rings. The van der Waals surface area contributed by atoms with Gasteiger partial charge in [0.15, 0.2) is 0 Å². The number of hydrogen-bond acceptors (Lipinski definition) is 1. The molecular weight excluding hydrogens is 100 g/mol. The van der Waals surface area contributed by atoms with Gasteiger partial charge in [0, 0.05) is 12.8 Å². The van der Waals surface area contributed by atoms with Crippen molar-refractivity contribution in [2.24, 2.45) is 0 Å². The first-order chi connectivity index (χ1) is 3.81. The zero-order valence-corrected chi connectivity index (χ0v) is 5.48. The molecule has 0 N–H and O–H groups in total. The highest BCUT2D eigenvalue weighted by Gasteiger charge is 1.89. The quantitative estimate of drug-likeness (QED) is 0.510. The Bertz CT molecular complexity index is 92.6. The Labute approximate surface area is 50.4 Å². The predicted molar refractivity (Wildman–Crippen MR) is 34.7 cm³/mol. The summed E-state index contributed by atoms with van der Waals surface area (Å²) in [7, 11) is 0. The van der Waals surface area contributed by atoms with Gasteiger partial charge >= 0.3 is 0 Å². The molecule has 0 amide bonds. The molecule has 0 bridgehead atoms. The number of carbonyl (C=O) groups is 1. The summed E-state index contributed by atoms with van der Waals surface area (Å²) in [4.78, 5) is 10.5. The molecule has 0 rings (SSSR count). The third kappa shape index (κ3) is 3.59. The minimum absolute atomic E-state index is 0.308. The Morgan fingerprint density at radius 2 is 2.25 bits per heavy atom. The van der Waals surface area contributed by atoms with E-state index in [0.717, 1.165) is 0 Å². The van der Waals surface area contributed by atoms with Gasteiger partial charge in [0.1, 0.15) is 5.78 Å². The maximum Gasteiger partial charge on any atom is 0.136 e. The first kappa shape index (κ1) is 7.41. The zero-order chi connectivity index (χ0) is 6.41. The fraction of sp³-hybridized carbons (Fsp3) is 0.571. The lowest BCUT2D eigenvalue weighted by atomic mass is 10.2. The Hall–Kier alpha value is -0.590. The highest BCUT2D eigenvalue weighted by Crippen LogP contribution is 1.88. The third-order valence-corrected chi connectivity index (χ3v) is 0.976. The average molecular weight is 112 g/mol. The van der Waals surface area contributed by atoms with Gasteiger partial charge in [-0.05, 0) is 6.92 Å². The number of carbonyl (C=O) groups excluding carboxylic acids is 1. The third-order valence-electron chi connectivity index (χ3n) is 0.976. The summed E-state index contributed by atoms with van der Waals surface area (Å²) >= 11 is 0. The minimum atomic E-state index is 0.308. The van der Waals surface area contributed by atoms with Crippen LogP contribution in [0.4, 0.5) is 0 Å². The zero-order valence-electron chi connectivity index (χ0n) is 5.48. The van der Waals surface area contributed by atoms with Crippen molar-refractivity contribution in [3.8, 4) is 0 Å². The van der Waals surface area contributed by atoms with Crippen LogP contribution in [0.5, 0.6) is 0 Å². The molecule has 1 heteroatoms. The molecule has 0 radical (unpaired) electrons. The van der Waals surface area contributed by atoms with E-state index in [0.29, 0.717) is 18.6 Å². The highest BCUT2D eigenvalue weighted by molar-refractivity contribution is 5.79. The van der Waals surface area contributed by atoms with Gasteiger partial charge < -0.3 is 0 Å². The molecule has 0 aliphatic rings. The number of ketones is 1. The summed E-state index contributed by atoms with van der Waals surface area (Å²) in [6.45, 7) is 3.80. The van der Waals surface area contributed by atoms with Gasteiger partial charge in [-0.3, -0.25) is 4.79 Å². The minimum Gasteiger partial charge on any atom is -0.299 e. The summed E-state index contributed by atoms with van der Waals surface area (Å²) in [5, 5.41) is 0. The Morgan fingerprint density at radius 3 is 2.62 bits per heavy atom. The van der Waals surface area contributed by atoms with Crippen molar-refractivity contribution >= 4 is 5.78 Å². The summed E-state index contributed by atoms with van der Waals surface area (Å²) in [6, 6.07) is 0. The lowest BCUT2D eigenvalue weighted by Gasteiger charge is -1.85. The number of Topliss-reactive ketones (excluding diaryl/α,β-unsaturated/α-hetero) is 1. The Kier molecular flexibility index (Phi) is 4.23. The van der Waals surface area contributed by atoms with E-state index in [-0.39, 0.29) is 0 Å². The van der Waals surface area contributed by atoms with E-state index in [4.69, 9.17) is 0 Å². The summed E-state index contributed by atoms with van der Waals surface area (Å²) in [6.07, 6.45) is 5.04. The number of allylic oxidation sites excluding steroid dienone is 2. The number of rotatable bonds is 3. The van der Waals surface area contributed by atoms with E-state index >= 15 is 0 Å². The van der Waals surface area contributed by atoms with Gasteiger partial charge in [0.05, 0.1) is 0 Å². The van der Waals surface area contributed by atoms with E-state index < -0.39 is 0 Å². The van der Waals surface area contributed by atoms with E-state index in [2.05, 4.69) is 0 Å². The van der Waals surface area contributed by atoms with E-state index in [9.17, 15) is 4.79 Å². The second kappa shape index (κ2) is 4.57. The predicted octanol–water partition coefficient (Wildman–Crippen LogP) is 1.93. The first-order valence-electron chi connectivity index (χ1n) is 2.94. The lowest BCUT2D eigenvalue weighted by molar-refractivity contribution is -0.117. The molecule has 0 saturated heterocycles. The summed E-state index contributed by atoms with van der Waals surface area (Å²) in [5.41, 5.74) is 0. The van der Waals surface area contributed by atoms with Crippen molar-refractivity contribution in [2.75, 3.05) is 0 Å². The van der Waals surface area contributed by atoms with Crippen LogP contribution in [-0.2, 0) is 4.79 Å². The van der Waals surface area contributed by atoms with Crippen LogP contribution in [-0.4, -0.2) is 5.78 Å². The second-order valence-electron chi connectivity index (χ2n) is 1.67. The molecule has 8 heavy (non-hydrogen) atoms. The molecule has 0 aromatic carbocycles. The van der Waals surface area contributed by atoms with Crippen LogP contribution in [0.25, 0.3) is 0 Å². The molecule has 0 aliphatic carbocycles. The van der Waals surface area contributed by atoms with E-state index in [1.54, 1.807) is 0 Å². The van der Waals surface area contributed by atoms with Crippen molar-refractivity contribution in [2.45, 2.75) is 26.7 Å². The van der Waals surface area contributed by atoms with Crippen LogP contribution >= 0.6 is 0 Å². The maximum absolute atomic E-state index is 10.5. The van der Waals surface area contributed by atoms with Gasteiger partial charge in [-0.15, -0.1) is 0 Å². The second-order valence-corrected chi connectivity index (χ2v) is 1.67. The summed E-state index contributed by atoms with van der Waals surface area (Å²) < 4.78 is 0. The smallest absolute Gasteiger partial charge is 0.136 e. The molecule has 0 heterocycles. The largest absolute Gasteiger partial charge is 0.299 e. The SMILES string of the molecule is C/C=C/CC(=O)CC. The monoisotopic (exact) mass is 112 g/mol. The van der Waals surface area contributed by atoms with Crippen LogP contribution < -0.4 is 0 Å². The molecular formula is C7H12O. The average Bonchev–Trinajstić information content (AvgIpc) is 1.83. The Balaban J connectivity index is 3.25. The first-order valence-corrected chi connectivity index (χ1v) is 2.94. The van der Waals surface area contributed by atoms with Gasteiger partial charge in [0.25, 0.3) is 0 Å². The van der Waals surface area contributed by atoms with Crippen LogP contribution in [0.15, 0.2) is 12.2 Å². The van der Waals surface area contributed by atoms with E-state index in [1.807, 2.05) is 26.0 Å². The van der Waals surface area contributed by atoms with Crippen molar-refractivity contribution in [1.29, 1.82) is 0 Å². The van der Waals surface area contributed by atoms with Crippen LogP contribution in [0.1, 0.15) is 26.7 Å². The molecule has 0 aromatic heterocycles. The molecule has 0 spiro atoms. The molecule has 0 unspecified atom stereocenters. The van der Waals surface area contributed by atoms with Crippen molar-refractivity contribution < 1.29 is 4.79 Å². The van der Waals surface area contributed by atoms with Crippen LogP contribution in [0, 0.1) is 0 Å². The highest BCUT2D eigenvalue weighted by atomic mass is 16.1. The van der Waals surface area contributed by atoms with Gasteiger partial charge in [-0.25, -0.2) is 0 Å². The normalized spacial score (nSPS) is 10.2. The topological polar surface area (TPSA) is 17.1 Å². The van der Waals surface area contributed by atoms with Crippen LogP contribution in [0.3, 0.4) is 0 Å². The van der Waals surface area contributed by atoms with Gasteiger partial charge in [-0.1, -0.05) is 19.1 Å². The molecule has 0 aliphatic heterocycles. The number of hydrogen-bond donors (Lipinski definition) is 0. The van der Waals surface area contributed by atoms with Gasteiger partial charge in [0.2, 0.25) is 0 Å². The molecule has 1 nitrogen and oxygen atoms in total. The lowest BCUT2D eigenvalue weighted by Crippen LogP contribution is -1.89. The standard InChI is InChI=1S/C7H12O/c1-3-5-6-7(8)4-2/h3,5H,4,6H2,1-2H3/b5-3+. The van der Waals surface area contributed by atoms with Crippen molar-refractivity contribution in [3.05, 3.63) is 12.2 Å². The maximum atomic E-state index is 10.5. The molecule has 0 atom stereocenters. The fourth-order valence-electron chi connectivity index (χ4n) is 0.394. The summed E-state index contributed by atoms with van der Waals surface area (Å²) in [5.74, 6) is 0.308. The van der Waals surface area contributed by atoms with Gasteiger partial charge in [-0.2, -0.15) is 0 Å². The van der Waals surface area contributed by atoms with Crippen LogP contribution in [0.2, 0.25) is 0 Å². The van der Waals surface area contributed by atoms with Crippen molar-refractivity contribution in [1.82, 2.24) is 0 Å². The van der Waals surface area contributed by atoms with E-state index in [1.165, 1.54) is 0 Å². The fourth-order valence-corrected chi connectivity index (χ4v) is 0.394. The molecule has 0 saturated carbocycles. The Morgan fingerprint density at radius 1 is 1.62 bits per heavy atom.